The molecule has 0 saturated heterocycles. The Labute approximate surface area is 294 Å². The first-order valence-electron chi connectivity index (χ1n) is 18.5. The molecule has 0 radical (unpaired) electrons. The van der Waals surface area contributed by atoms with Crippen molar-refractivity contribution in [2.45, 2.75) is 50.4 Å². The number of rotatable bonds is 4. The van der Waals surface area contributed by atoms with E-state index in [0.29, 0.717) is 11.8 Å². The van der Waals surface area contributed by atoms with Crippen molar-refractivity contribution in [2.24, 2.45) is 0 Å². The molecule has 2 unspecified atom stereocenters. The predicted octanol–water partition coefficient (Wildman–Crippen LogP) is 11.6. The SMILES string of the molecule is C1=CC2=CCc3c(Cc4cc5c6c(c4)CC=C4C=C(Cc7ccc8ccc9c%10c8c7CC=C%10CC=C9)C=C(C=C5)C46)ccc4c3C2C(=C1)C=C4. The van der Waals surface area contributed by atoms with E-state index in [1.807, 2.05) is 0 Å². The molecule has 236 valence electrons. The molecule has 0 N–H and O–H groups in total. The fraction of sp³-hybridized carbons (Fsp3) is 0.160. The van der Waals surface area contributed by atoms with Gasteiger partial charge in [-0.1, -0.05) is 134 Å². The molecular weight excluding hydrogens is 601 g/mol. The van der Waals surface area contributed by atoms with Crippen LogP contribution in [0.3, 0.4) is 0 Å². The van der Waals surface area contributed by atoms with E-state index >= 15 is 0 Å². The summed E-state index contributed by atoms with van der Waals surface area (Å²) in [7, 11) is 0. The minimum absolute atomic E-state index is 0.362. The summed E-state index contributed by atoms with van der Waals surface area (Å²) in [5, 5.41) is 2.88. The highest BCUT2D eigenvalue weighted by Crippen LogP contribution is 2.50. The van der Waals surface area contributed by atoms with Crippen molar-refractivity contribution in [3.63, 3.8) is 0 Å². The van der Waals surface area contributed by atoms with Crippen molar-refractivity contribution in [1.82, 2.24) is 0 Å². The van der Waals surface area contributed by atoms with Crippen LogP contribution < -0.4 is 0 Å². The Morgan fingerprint density at radius 3 is 2.38 bits per heavy atom. The van der Waals surface area contributed by atoms with Gasteiger partial charge in [-0.25, -0.2) is 0 Å². The first-order valence-corrected chi connectivity index (χ1v) is 18.5. The lowest BCUT2D eigenvalue weighted by atomic mass is 9.68. The standard InChI is InChI=1S/C50H36/c1-3-31-7-9-35-11-13-37(43-21-19-33(5-1)45(31)49(35)43)23-29-25-39-15-17-41-27-30(28-42-18-16-40(26-29)47(39)48(41)42)24-38-14-12-36-10-8-32-4-2-6-34-20-22-44(38)50(36)46(32)34/h1-5,7-15,17-20,25-28,45,48H,6,16,21-24H2. The maximum atomic E-state index is 2.53. The fourth-order valence-electron chi connectivity index (χ4n) is 10.6. The van der Waals surface area contributed by atoms with Gasteiger partial charge in [0, 0.05) is 11.8 Å². The molecule has 4 aromatic carbocycles. The monoisotopic (exact) mass is 636 g/mol. The molecule has 0 amide bonds. The van der Waals surface area contributed by atoms with Gasteiger partial charge in [-0.05, 0) is 149 Å². The minimum Gasteiger partial charge on any atom is -0.0795 e. The van der Waals surface area contributed by atoms with Gasteiger partial charge in [0.25, 0.3) is 0 Å². The summed E-state index contributed by atoms with van der Waals surface area (Å²) >= 11 is 0. The Hall–Kier alpha value is -5.46. The molecule has 0 spiro atoms. The van der Waals surface area contributed by atoms with Gasteiger partial charge in [-0.2, -0.15) is 0 Å². The quantitative estimate of drug-likeness (QED) is 0.209. The van der Waals surface area contributed by atoms with Crippen LogP contribution in [0.4, 0.5) is 0 Å². The van der Waals surface area contributed by atoms with Crippen LogP contribution in [-0.4, -0.2) is 0 Å². The van der Waals surface area contributed by atoms with E-state index in [9.17, 15) is 0 Å². The van der Waals surface area contributed by atoms with E-state index in [-0.39, 0.29) is 0 Å². The molecular formula is C50H36. The van der Waals surface area contributed by atoms with Crippen LogP contribution in [0.5, 0.6) is 0 Å². The Kier molecular flexibility index (Phi) is 5.50. The molecule has 0 nitrogen and oxygen atoms in total. The van der Waals surface area contributed by atoms with Crippen LogP contribution in [0.15, 0.2) is 143 Å². The summed E-state index contributed by atoms with van der Waals surface area (Å²) in [6, 6.07) is 19.2. The lowest BCUT2D eigenvalue weighted by Crippen LogP contribution is -2.20. The number of hydrogen-bond acceptors (Lipinski definition) is 0. The van der Waals surface area contributed by atoms with E-state index in [0.717, 1.165) is 38.5 Å². The molecule has 0 heteroatoms. The van der Waals surface area contributed by atoms with Gasteiger partial charge in [0.15, 0.2) is 0 Å². The number of benzene rings is 4. The van der Waals surface area contributed by atoms with Crippen LogP contribution >= 0.6 is 0 Å². The Balaban J connectivity index is 0.872. The van der Waals surface area contributed by atoms with Gasteiger partial charge in [0.05, 0.1) is 0 Å². The molecule has 2 atom stereocenters. The van der Waals surface area contributed by atoms with Gasteiger partial charge in [-0.3, -0.25) is 0 Å². The summed E-state index contributed by atoms with van der Waals surface area (Å²) in [5.74, 6) is 0.770. The fourth-order valence-corrected chi connectivity index (χ4v) is 10.6. The Morgan fingerprint density at radius 2 is 1.38 bits per heavy atom. The second kappa shape index (κ2) is 10.1. The number of allylic oxidation sites excluding steroid dienone is 17. The normalized spacial score (nSPS) is 21.8. The van der Waals surface area contributed by atoms with Crippen LogP contribution in [0, 0.1) is 0 Å². The van der Waals surface area contributed by atoms with Crippen LogP contribution in [0.1, 0.15) is 85.0 Å². The van der Waals surface area contributed by atoms with Gasteiger partial charge in [-0.15, -0.1) is 0 Å². The summed E-state index contributed by atoms with van der Waals surface area (Å²) in [6.45, 7) is 0. The van der Waals surface area contributed by atoms with Gasteiger partial charge in [0.1, 0.15) is 0 Å². The smallest absolute Gasteiger partial charge is 0.0345 e. The van der Waals surface area contributed by atoms with E-state index < -0.39 is 0 Å². The average molecular weight is 637 g/mol. The van der Waals surface area contributed by atoms with Crippen molar-refractivity contribution >= 4 is 34.6 Å². The highest BCUT2D eigenvalue weighted by atomic mass is 14.4. The topological polar surface area (TPSA) is 0 Å². The Morgan fingerprint density at radius 1 is 0.560 bits per heavy atom. The molecule has 12 rings (SSSR count). The first-order chi connectivity index (χ1) is 24.7. The van der Waals surface area contributed by atoms with Crippen molar-refractivity contribution < 1.29 is 0 Å². The van der Waals surface area contributed by atoms with Crippen LogP contribution in [-0.2, 0) is 32.1 Å². The summed E-state index contributed by atoms with van der Waals surface area (Å²) in [5.41, 5.74) is 26.6. The van der Waals surface area contributed by atoms with Crippen molar-refractivity contribution in [3.05, 3.63) is 210 Å². The first kappa shape index (κ1) is 27.4. The lowest BCUT2D eigenvalue weighted by molar-refractivity contribution is 0.870. The maximum absolute atomic E-state index is 2.53. The third-order valence-corrected chi connectivity index (χ3v) is 12.8. The minimum atomic E-state index is 0.362. The zero-order chi connectivity index (χ0) is 32.5. The third kappa shape index (κ3) is 3.82. The predicted molar refractivity (Wildman–Crippen MR) is 209 cm³/mol. The largest absolute Gasteiger partial charge is 0.0795 e. The second-order valence-electron chi connectivity index (χ2n) is 15.4. The van der Waals surface area contributed by atoms with Crippen molar-refractivity contribution in [2.75, 3.05) is 0 Å². The van der Waals surface area contributed by atoms with Gasteiger partial charge in [0.2, 0.25) is 0 Å². The molecule has 0 fully saturated rings. The molecule has 0 heterocycles. The second-order valence-corrected chi connectivity index (χ2v) is 15.4. The summed E-state index contributed by atoms with van der Waals surface area (Å²) in [4.78, 5) is 0. The molecule has 4 aromatic rings. The molecule has 0 aromatic heterocycles. The zero-order valence-electron chi connectivity index (χ0n) is 28.1. The van der Waals surface area contributed by atoms with Crippen LogP contribution in [0.2, 0.25) is 0 Å². The van der Waals surface area contributed by atoms with E-state index in [4.69, 9.17) is 0 Å². The van der Waals surface area contributed by atoms with Crippen LogP contribution in [0.25, 0.3) is 34.6 Å². The Bertz CT molecular complexity index is 2620. The van der Waals surface area contributed by atoms with Gasteiger partial charge < -0.3 is 0 Å². The van der Waals surface area contributed by atoms with Crippen molar-refractivity contribution in [3.8, 4) is 0 Å². The number of hydrogen-bond donors (Lipinski definition) is 0. The van der Waals surface area contributed by atoms with E-state index in [2.05, 4.69) is 134 Å². The maximum Gasteiger partial charge on any atom is 0.0345 e. The average Bonchev–Trinajstić information content (AvgIpc) is 3.16. The molecule has 8 aliphatic rings. The lowest BCUT2D eigenvalue weighted by Gasteiger charge is -2.35. The zero-order valence-corrected chi connectivity index (χ0v) is 28.1. The molecule has 50 heavy (non-hydrogen) atoms. The van der Waals surface area contributed by atoms with Crippen molar-refractivity contribution in [1.29, 1.82) is 0 Å². The summed E-state index contributed by atoms with van der Waals surface area (Å²) in [6.07, 6.45) is 39.6. The highest BCUT2D eigenvalue weighted by molar-refractivity contribution is 6.03. The molecule has 0 bridgehead atoms. The molecule has 0 saturated carbocycles. The van der Waals surface area contributed by atoms with Gasteiger partial charge >= 0.3 is 0 Å². The van der Waals surface area contributed by atoms with E-state index in [1.165, 1.54) is 94.3 Å². The molecule has 0 aliphatic heterocycles. The van der Waals surface area contributed by atoms with E-state index in [1.54, 1.807) is 16.7 Å². The molecule has 8 aliphatic carbocycles. The summed E-state index contributed by atoms with van der Waals surface area (Å²) < 4.78 is 0. The highest BCUT2D eigenvalue weighted by Gasteiger charge is 2.34. The third-order valence-electron chi connectivity index (χ3n) is 12.8.